The lowest BCUT2D eigenvalue weighted by atomic mass is 10.1. The molecule has 1 N–H and O–H groups in total. The third-order valence-electron chi connectivity index (χ3n) is 3.68. The summed E-state index contributed by atoms with van der Waals surface area (Å²) in [7, 11) is 0. The van der Waals surface area contributed by atoms with Crippen LogP contribution in [0.5, 0.6) is 0 Å². The minimum Gasteiger partial charge on any atom is -0.460 e. The van der Waals surface area contributed by atoms with Crippen molar-refractivity contribution < 1.29 is 27.5 Å². The number of pyridine rings is 1. The van der Waals surface area contributed by atoms with Crippen molar-refractivity contribution in [3.05, 3.63) is 64.8 Å². The smallest absolute Gasteiger partial charge is 0.416 e. The normalized spacial score (nSPS) is 11.1. The summed E-state index contributed by atoms with van der Waals surface area (Å²) >= 11 is 0.860. The largest absolute Gasteiger partial charge is 0.460 e. The summed E-state index contributed by atoms with van der Waals surface area (Å²) < 4.78 is 47.0. The Bertz CT molecular complexity index is 1010. The molecule has 0 aliphatic rings. The number of alkyl halides is 3. The van der Waals surface area contributed by atoms with E-state index in [4.69, 9.17) is 4.74 Å². The molecular weight excluding hydrogens is 409 g/mol. The zero-order chi connectivity index (χ0) is 20.9. The van der Waals surface area contributed by atoms with Crippen LogP contribution in [0.15, 0.2) is 48.8 Å². The fraction of sp³-hybridized carbons (Fsp3) is 0.167. The van der Waals surface area contributed by atoms with Crippen LogP contribution in [-0.2, 0) is 10.9 Å². The van der Waals surface area contributed by atoms with E-state index in [1.54, 1.807) is 18.3 Å². The number of benzene rings is 1. The molecule has 0 atom stereocenters. The van der Waals surface area contributed by atoms with Crippen LogP contribution in [0.25, 0.3) is 11.3 Å². The van der Waals surface area contributed by atoms with E-state index in [1.165, 1.54) is 12.3 Å². The molecule has 0 unspecified atom stereocenters. The van der Waals surface area contributed by atoms with Gasteiger partial charge < -0.3 is 10.1 Å². The van der Waals surface area contributed by atoms with E-state index in [1.807, 2.05) is 0 Å². The highest BCUT2D eigenvalue weighted by molar-refractivity contribution is 7.08. The van der Waals surface area contributed by atoms with E-state index in [-0.39, 0.29) is 23.6 Å². The minimum absolute atomic E-state index is 0.0741. The molecule has 0 radical (unpaired) electrons. The number of hydrogen-bond donors (Lipinski definition) is 1. The van der Waals surface area contributed by atoms with Gasteiger partial charge in [-0.3, -0.25) is 9.78 Å². The van der Waals surface area contributed by atoms with Crippen molar-refractivity contribution in [1.82, 2.24) is 19.9 Å². The molecule has 0 bridgehead atoms. The highest BCUT2D eigenvalue weighted by Gasteiger charge is 2.30. The first-order valence-corrected chi connectivity index (χ1v) is 8.99. The van der Waals surface area contributed by atoms with Crippen molar-refractivity contribution >= 4 is 23.4 Å². The van der Waals surface area contributed by atoms with Gasteiger partial charge in [0.05, 0.1) is 12.1 Å². The first-order valence-electron chi connectivity index (χ1n) is 8.21. The van der Waals surface area contributed by atoms with Crippen LogP contribution in [0.3, 0.4) is 0 Å². The molecule has 0 saturated carbocycles. The number of nitrogens with one attached hydrogen (secondary N) is 1. The number of amides is 1. The summed E-state index contributed by atoms with van der Waals surface area (Å²) in [5, 5.41) is 6.30. The van der Waals surface area contributed by atoms with Gasteiger partial charge in [0.2, 0.25) is 0 Å². The number of carbonyl (C=O) groups excluding carboxylic acids is 2. The Morgan fingerprint density at radius 3 is 2.72 bits per heavy atom. The lowest BCUT2D eigenvalue weighted by molar-refractivity contribution is -0.137. The van der Waals surface area contributed by atoms with Crippen LogP contribution >= 0.6 is 11.5 Å². The molecule has 0 aliphatic carbocycles. The van der Waals surface area contributed by atoms with Crippen LogP contribution in [0.2, 0.25) is 0 Å². The third kappa shape index (κ3) is 5.13. The van der Waals surface area contributed by atoms with Crippen LogP contribution < -0.4 is 5.32 Å². The summed E-state index contributed by atoms with van der Waals surface area (Å²) in [5.74, 6) is -1.38. The van der Waals surface area contributed by atoms with Crippen molar-refractivity contribution in [2.45, 2.75) is 6.18 Å². The number of rotatable bonds is 6. The highest BCUT2D eigenvalue weighted by Crippen LogP contribution is 2.29. The zero-order valence-electron chi connectivity index (χ0n) is 14.6. The second-order valence-electron chi connectivity index (χ2n) is 5.66. The van der Waals surface area contributed by atoms with Crippen LogP contribution in [-0.4, -0.2) is 39.6 Å². The van der Waals surface area contributed by atoms with Gasteiger partial charge >= 0.3 is 12.1 Å². The Hall–Kier alpha value is -3.34. The van der Waals surface area contributed by atoms with E-state index >= 15 is 0 Å². The monoisotopic (exact) mass is 422 g/mol. The third-order valence-corrected chi connectivity index (χ3v) is 4.39. The first kappa shape index (κ1) is 20.4. The van der Waals surface area contributed by atoms with Gasteiger partial charge in [-0.1, -0.05) is 10.6 Å². The molecule has 0 saturated heterocycles. The average Bonchev–Trinajstić information content (AvgIpc) is 3.21. The predicted octanol–water partition coefficient (Wildman–Crippen LogP) is 3.21. The molecule has 11 heteroatoms. The second-order valence-corrected chi connectivity index (χ2v) is 6.42. The number of aromatic nitrogens is 3. The lowest BCUT2D eigenvalue weighted by Crippen LogP contribution is -2.28. The number of carbonyl (C=O) groups is 2. The summed E-state index contributed by atoms with van der Waals surface area (Å²) in [4.78, 5) is 28.3. The Labute approximate surface area is 166 Å². The van der Waals surface area contributed by atoms with Crippen LogP contribution in [0.1, 0.15) is 25.6 Å². The number of hydrogen-bond acceptors (Lipinski definition) is 7. The fourth-order valence-electron chi connectivity index (χ4n) is 2.33. The first-order chi connectivity index (χ1) is 13.9. The molecule has 29 heavy (non-hydrogen) atoms. The highest BCUT2D eigenvalue weighted by atomic mass is 32.1. The number of nitrogens with zero attached hydrogens (tertiary/aromatic N) is 3. The second kappa shape index (κ2) is 8.78. The van der Waals surface area contributed by atoms with E-state index < -0.39 is 23.6 Å². The minimum atomic E-state index is -4.54. The van der Waals surface area contributed by atoms with Gasteiger partial charge in [0, 0.05) is 23.5 Å². The SMILES string of the molecule is O=C(NCCOC(=O)c1snnc1-c1cccnc1)c1cccc(C(F)(F)F)c1. The average molecular weight is 422 g/mol. The Kier molecular flexibility index (Phi) is 6.17. The molecule has 0 spiro atoms. The summed E-state index contributed by atoms with van der Waals surface area (Å²) in [6.45, 7) is -0.247. The van der Waals surface area contributed by atoms with E-state index in [0.717, 1.165) is 29.7 Å². The fourth-order valence-corrected chi connectivity index (χ4v) is 2.91. The van der Waals surface area contributed by atoms with Crippen molar-refractivity contribution in [1.29, 1.82) is 0 Å². The van der Waals surface area contributed by atoms with E-state index in [0.29, 0.717) is 11.3 Å². The summed E-state index contributed by atoms with van der Waals surface area (Å²) in [6, 6.07) is 7.45. The van der Waals surface area contributed by atoms with Crippen LogP contribution in [0.4, 0.5) is 13.2 Å². The van der Waals surface area contributed by atoms with Gasteiger partial charge in [-0.05, 0) is 41.9 Å². The predicted molar refractivity (Wildman–Crippen MR) is 97.2 cm³/mol. The standard InChI is InChI=1S/C18H13F3N4O3S/c19-18(20,21)13-5-1-3-11(9-13)16(26)23-7-8-28-17(27)15-14(24-25-29-15)12-4-2-6-22-10-12/h1-6,9-10H,7-8H2,(H,23,26). The molecule has 7 nitrogen and oxygen atoms in total. The number of ether oxygens (including phenoxy) is 1. The molecule has 150 valence electrons. The van der Waals surface area contributed by atoms with Crippen molar-refractivity contribution in [3.8, 4) is 11.3 Å². The van der Waals surface area contributed by atoms with Gasteiger partial charge in [-0.15, -0.1) is 5.10 Å². The van der Waals surface area contributed by atoms with E-state index in [9.17, 15) is 22.8 Å². The summed E-state index contributed by atoms with van der Waals surface area (Å²) in [5.41, 5.74) is -0.124. The topological polar surface area (TPSA) is 94.1 Å². The maximum atomic E-state index is 12.7. The van der Waals surface area contributed by atoms with Crippen molar-refractivity contribution in [2.24, 2.45) is 0 Å². The number of halogens is 3. The maximum Gasteiger partial charge on any atom is 0.416 e. The molecule has 0 fully saturated rings. The molecule has 1 aromatic carbocycles. The zero-order valence-corrected chi connectivity index (χ0v) is 15.5. The molecule has 1 amide bonds. The van der Waals surface area contributed by atoms with Gasteiger partial charge in [-0.2, -0.15) is 13.2 Å². The Balaban J connectivity index is 1.53. The van der Waals surface area contributed by atoms with E-state index in [2.05, 4.69) is 19.9 Å². The molecule has 0 aliphatic heterocycles. The van der Waals surface area contributed by atoms with Crippen molar-refractivity contribution in [3.63, 3.8) is 0 Å². The van der Waals surface area contributed by atoms with Gasteiger partial charge in [0.25, 0.3) is 5.91 Å². The van der Waals surface area contributed by atoms with Crippen molar-refractivity contribution in [2.75, 3.05) is 13.2 Å². The number of esters is 1. The van der Waals surface area contributed by atoms with Crippen LogP contribution in [0, 0.1) is 0 Å². The summed E-state index contributed by atoms with van der Waals surface area (Å²) in [6.07, 6.45) is -1.43. The molecule has 2 aromatic heterocycles. The maximum absolute atomic E-state index is 12.7. The Morgan fingerprint density at radius 2 is 2.00 bits per heavy atom. The van der Waals surface area contributed by atoms with Gasteiger partial charge in [-0.25, -0.2) is 4.79 Å². The molecule has 3 aromatic rings. The molecular formula is C18H13F3N4O3S. The molecule has 2 heterocycles. The Morgan fingerprint density at radius 1 is 1.17 bits per heavy atom. The lowest BCUT2D eigenvalue weighted by Gasteiger charge is -2.09. The van der Waals surface area contributed by atoms with Gasteiger partial charge in [0.15, 0.2) is 4.88 Å². The van der Waals surface area contributed by atoms with Gasteiger partial charge in [0.1, 0.15) is 12.3 Å². The molecule has 3 rings (SSSR count). The quantitative estimate of drug-likeness (QED) is 0.484.